The normalized spacial score (nSPS) is 18.0. The van der Waals surface area contributed by atoms with Gasteiger partial charge in [0.05, 0.1) is 6.10 Å². The Hall–Kier alpha value is -1.40. The summed E-state index contributed by atoms with van der Waals surface area (Å²) in [6.45, 7) is 7.87. The summed E-state index contributed by atoms with van der Waals surface area (Å²) in [5, 5.41) is 3.09. The van der Waals surface area contributed by atoms with E-state index in [4.69, 9.17) is 9.47 Å². The molecule has 118 valence electrons. The summed E-state index contributed by atoms with van der Waals surface area (Å²) in [4.78, 5) is 11.3. The highest BCUT2D eigenvalue weighted by atomic mass is 16.5. The molecule has 1 N–H and O–H groups in total. The average Bonchev–Trinajstić information content (AvgIpc) is 3.03. The summed E-state index contributed by atoms with van der Waals surface area (Å²) in [5.74, 6) is 2.46. The van der Waals surface area contributed by atoms with Gasteiger partial charge in [-0.15, -0.1) is 0 Å². The van der Waals surface area contributed by atoms with E-state index < -0.39 is 0 Å². The zero-order chi connectivity index (χ0) is 15.1. The summed E-state index contributed by atoms with van der Waals surface area (Å²) < 4.78 is 11.2. The van der Waals surface area contributed by atoms with Crippen LogP contribution in [-0.4, -0.2) is 49.4 Å². The van der Waals surface area contributed by atoms with Gasteiger partial charge in [-0.1, -0.05) is 0 Å². The highest BCUT2D eigenvalue weighted by molar-refractivity contribution is 5.49. The summed E-state index contributed by atoms with van der Waals surface area (Å²) >= 11 is 0. The maximum atomic E-state index is 5.73. The predicted octanol–water partition coefficient (Wildman–Crippen LogP) is 2.06. The first kappa shape index (κ1) is 16.0. The van der Waals surface area contributed by atoms with Crippen molar-refractivity contribution in [1.82, 2.24) is 9.97 Å². The zero-order valence-corrected chi connectivity index (χ0v) is 13.3. The topological polar surface area (TPSA) is 59.5 Å². The zero-order valence-electron chi connectivity index (χ0n) is 13.3. The maximum absolute atomic E-state index is 5.73. The van der Waals surface area contributed by atoms with E-state index in [-0.39, 0.29) is 0 Å². The Morgan fingerprint density at radius 1 is 1.43 bits per heavy atom. The Bertz CT molecular complexity index is 436. The van der Waals surface area contributed by atoms with Gasteiger partial charge in [0, 0.05) is 39.4 Å². The Morgan fingerprint density at radius 3 is 2.90 bits per heavy atom. The van der Waals surface area contributed by atoms with Crippen molar-refractivity contribution in [3.05, 3.63) is 11.9 Å². The van der Waals surface area contributed by atoms with Crippen LogP contribution in [0.1, 0.15) is 32.5 Å². The second-order valence-electron chi connectivity index (χ2n) is 5.09. The van der Waals surface area contributed by atoms with Gasteiger partial charge in [-0.05, 0) is 26.7 Å². The molecule has 0 spiro atoms. The standard InChI is InChI=1S/C15H26N4O2/c1-4-19(10-12-7-6-8-21-12)15-9-13(16-3)17-14(18-15)11-20-5-2/h9,12H,4-8,10-11H2,1-3H3,(H,16,17,18). The largest absolute Gasteiger partial charge is 0.376 e. The molecule has 0 amide bonds. The van der Waals surface area contributed by atoms with Crippen molar-refractivity contribution >= 4 is 11.6 Å². The van der Waals surface area contributed by atoms with Gasteiger partial charge in [0.1, 0.15) is 18.2 Å². The minimum absolute atomic E-state index is 0.313. The predicted molar refractivity (Wildman–Crippen MR) is 83.8 cm³/mol. The lowest BCUT2D eigenvalue weighted by Crippen LogP contribution is -2.33. The number of hydrogen-bond acceptors (Lipinski definition) is 6. The van der Waals surface area contributed by atoms with Crippen molar-refractivity contribution in [3.8, 4) is 0 Å². The minimum atomic E-state index is 0.313. The molecule has 1 aliphatic rings. The third-order valence-electron chi connectivity index (χ3n) is 3.60. The molecule has 6 heteroatoms. The molecule has 0 radical (unpaired) electrons. The minimum Gasteiger partial charge on any atom is -0.376 e. The molecular weight excluding hydrogens is 268 g/mol. The number of aromatic nitrogens is 2. The van der Waals surface area contributed by atoms with Gasteiger partial charge in [-0.2, -0.15) is 0 Å². The summed E-state index contributed by atoms with van der Waals surface area (Å²) in [6, 6.07) is 1.98. The molecule has 1 atom stereocenters. The van der Waals surface area contributed by atoms with Crippen LogP contribution in [0.25, 0.3) is 0 Å². The first-order valence-electron chi connectivity index (χ1n) is 7.76. The number of nitrogens with one attached hydrogen (secondary N) is 1. The van der Waals surface area contributed by atoms with E-state index in [1.165, 1.54) is 0 Å². The summed E-state index contributed by atoms with van der Waals surface area (Å²) in [5.41, 5.74) is 0. The fraction of sp³-hybridized carbons (Fsp3) is 0.733. The molecule has 1 aromatic rings. The third-order valence-corrected chi connectivity index (χ3v) is 3.60. The van der Waals surface area contributed by atoms with Gasteiger partial charge in [0.2, 0.25) is 0 Å². The number of nitrogens with zero attached hydrogens (tertiary/aromatic N) is 3. The van der Waals surface area contributed by atoms with E-state index in [1.54, 1.807) is 0 Å². The molecule has 21 heavy (non-hydrogen) atoms. The van der Waals surface area contributed by atoms with Crippen LogP contribution in [0.4, 0.5) is 11.6 Å². The molecule has 6 nitrogen and oxygen atoms in total. The van der Waals surface area contributed by atoms with Gasteiger partial charge >= 0.3 is 0 Å². The second-order valence-corrected chi connectivity index (χ2v) is 5.09. The second kappa shape index (κ2) is 8.14. The number of hydrogen-bond donors (Lipinski definition) is 1. The van der Waals surface area contributed by atoms with Crippen molar-refractivity contribution in [3.63, 3.8) is 0 Å². The molecule has 2 rings (SSSR count). The summed E-state index contributed by atoms with van der Waals surface area (Å²) in [6.07, 6.45) is 2.60. The molecule has 1 aliphatic heterocycles. The molecular formula is C15H26N4O2. The maximum Gasteiger partial charge on any atom is 0.158 e. The Morgan fingerprint density at radius 2 is 2.29 bits per heavy atom. The first-order chi connectivity index (χ1) is 10.3. The van der Waals surface area contributed by atoms with Crippen molar-refractivity contribution in [2.75, 3.05) is 43.6 Å². The lowest BCUT2D eigenvalue weighted by atomic mass is 10.2. The molecule has 1 unspecified atom stereocenters. The lowest BCUT2D eigenvalue weighted by Gasteiger charge is -2.25. The molecule has 0 aromatic carbocycles. The Kier molecular flexibility index (Phi) is 6.20. The van der Waals surface area contributed by atoms with Crippen LogP contribution in [0.15, 0.2) is 6.07 Å². The van der Waals surface area contributed by atoms with E-state index in [1.807, 2.05) is 20.0 Å². The third kappa shape index (κ3) is 4.54. The smallest absolute Gasteiger partial charge is 0.158 e. The molecule has 0 bridgehead atoms. The van der Waals surface area contributed by atoms with Crippen LogP contribution in [0, 0.1) is 0 Å². The number of ether oxygens (including phenoxy) is 2. The van der Waals surface area contributed by atoms with Crippen LogP contribution in [-0.2, 0) is 16.1 Å². The number of anilines is 2. The monoisotopic (exact) mass is 294 g/mol. The van der Waals surface area contributed by atoms with E-state index in [0.717, 1.165) is 44.2 Å². The van der Waals surface area contributed by atoms with Crippen LogP contribution in [0.3, 0.4) is 0 Å². The van der Waals surface area contributed by atoms with Crippen molar-refractivity contribution < 1.29 is 9.47 Å². The van der Waals surface area contributed by atoms with Gasteiger partial charge < -0.3 is 19.7 Å². The highest BCUT2D eigenvalue weighted by Gasteiger charge is 2.20. The van der Waals surface area contributed by atoms with Crippen LogP contribution in [0.5, 0.6) is 0 Å². The van der Waals surface area contributed by atoms with Crippen molar-refractivity contribution in [1.29, 1.82) is 0 Å². The molecule has 2 heterocycles. The number of rotatable bonds is 8. The van der Waals surface area contributed by atoms with Crippen molar-refractivity contribution in [2.24, 2.45) is 0 Å². The Balaban J connectivity index is 2.13. The van der Waals surface area contributed by atoms with Crippen LogP contribution in [0.2, 0.25) is 0 Å². The molecule has 0 aliphatic carbocycles. The molecule has 1 saturated heterocycles. The highest BCUT2D eigenvalue weighted by Crippen LogP contribution is 2.20. The van der Waals surface area contributed by atoms with Crippen LogP contribution >= 0.6 is 0 Å². The fourth-order valence-electron chi connectivity index (χ4n) is 2.45. The van der Waals surface area contributed by atoms with E-state index in [9.17, 15) is 0 Å². The van der Waals surface area contributed by atoms with Gasteiger partial charge in [0.25, 0.3) is 0 Å². The quantitative estimate of drug-likeness (QED) is 0.792. The van der Waals surface area contributed by atoms with E-state index in [0.29, 0.717) is 25.1 Å². The number of likely N-dealkylation sites (N-methyl/N-ethyl adjacent to an activating group) is 1. The molecule has 0 saturated carbocycles. The van der Waals surface area contributed by atoms with Gasteiger partial charge in [-0.25, -0.2) is 9.97 Å². The molecule has 1 fully saturated rings. The first-order valence-corrected chi connectivity index (χ1v) is 7.76. The van der Waals surface area contributed by atoms with E-state index in [2.05, 4.69) is 27.1 Å². The lowest BCUT2D eigenvalue weighted by molar-refractivity contribution is 0.115. The van der Waals surface area contributed by atoms with Crippen molar-refractivity contribution in [2.45, 2.75) is 39.4 Å². The Labute approximate surface area is 126 Å². The molecule has 1 aromatic heterocycles. The van der Waals surface area contributed by atoms with E-state index >= 15 is 0 Å². The SMILES string of the molecule is CCOCc1nc(NC)cc(N(CC)CC2CCCO2)n1. The summed E-state index contributed by atoms with van der Waals surface area (Å²) in [7, 11) is 1.87. The van der Waals surface area contributed by atoms with Crippen LogP contribution < -0.4 is 10.2 Å². The van der Waals surface area contributed by atoms with Gasteiger partial charge in [-0.3, -0.25) is 0 Å². The fourth-order valence-corrected chi connectivity index (χ4v) is 2.45. The average molecular weight is 294 g/mol. The van der Waals surface area contributed by atoms with Gasteiger partial charge in [0.15, 0.2) is 5.82 Å².